The molecule has 0 saturated carbocycles. The number of benzene rings is 2. The van der Waals surface area contributed by atoms with Crippen molar-refractivity contribution in [3.8, 4) is 5.75 Å². The topological polar surface area (TPSA) is 41.5 Å². The molecule has 0 unspecified atom stereocenters. The molecule has 0 aliphatic carbocycles. The monoisotopic (exact) mass is 466 g/mol. The van der Waals surface area contributed by atoms with E-state index in [1.165, 1.54) is 11.9 Å². The first kappa shape index (κ1) is 20.9. The van der Waals surface area contributed by atoms with Crippen LogP contribution >= 0.6 is 15.9 Å². The van der Waals surface area contributed by atoms with Gasteiger partial charge in [0, 0.05) is 36.1 Å². The van der Waals surface area contributed by atoms with E-state index < -0.39 is 11.7 Å². The standard InChI is InChI=1S/C20H18BrF3N4O/c1-27(14-6-4-13(21)5-7-14)18-17(20(22,23)24)12-25-19(26-18)28(2)15-8-10-16(29-3)11-9-15/h4-12H,1-3H3. The van der Waals surface area contributed by atoms with E-state index in [1.54, 1.807) is 67.6 Å². The summed E-state index contributed by atoms with van der Waals surface area (Å²) in [6, 6.07) is 14.0. The summed E-state index contributed by atoms with van der Waals surface area (Å²) >= 11 is 3.32. The van der Waals surface area contributed by atoms with Gasteiger partial charge in [0.2, 0.25) is 5.95 Å². The summed E-state index contributed by atoms with van der Waals surface area (Å²) in [6.45, 7) is 0. The van der Waals surface area contributed by atoms with Crippen molar-refractivity contribution < 1.29 is 17.9 Å². The fraction of sp³-hybridized carbons (Fsp3) is 0.200. The van der Waals surface area contributed by atoms with Crippen molar-refractivity contribution in [1.29, 1.82) is 0 Å². The quantitative estimate of drug-likeness (QED) is 0.475. The number of nitrogens with zero attached hydrogens (tertiary/aromatic N) is 4. The van der Waals surface area contributed by atoms with Crippen LogP contribution in [-0.2, 0) is 6.18 Å². The van der Waals surface area contributed by atoms with Crippen molar-refractivity contribution in [2.24, 2.45) is 0 Å². The largest absolute Gasteiger partial charge is 0.497 e. The minimum absolute atomic E-state index is 0.141. The van der Waals surface area contributed by atoms with Crippen molar-refractivity contribution in [2.75, 3.05) is 31.0 Å². The summed E-state index contributed by atoms with van der Waals surface area (Å²) in [6.07, 6.45) is -3.77. The molecule has 5 nitrogen and oxygen atoms in total. The Hall–Kier alpha value is -2.81. The fourth-order valence-corrected chi connectivity index (χ4v) is 2.95. The SMILES string of the molecule is COc1ccc(N(C)c2ncc(C(F)(F)F)c(N(C)c3ccc(Br)cc3)n2)cc1. The predicted molar refractivity (Wildman–Crippen MR) is 110 cm³/mol. The van der Waals surface area contributed by atoms with Crippen molar-refractivity contribution in [3.63, 3.8) is 0 Å². The highest BCUT2D eigenvalue weighted by Crippen LogP contribution is 2.38. The third-order valence-corrected chi connectivity index (χ3v) is 4.88. The van der Waals surface area contributed by atoms with E-state index in [4.69, 9.17) is 4.74 Å². The Morgan fingerprint density at radius 1 is 0.897 bits per heavy atom. The molecule has 3 rings (SSSR count). The zero-order chi connectivity index (χ0) is 21.2. The lowest BCUT2D eigenvalue weighted by atomic mass is 10.2. The summed E-state index contributed by atoms with van der Waals surface area (Å²) in [5.41, 5.74) is 0.369. The lowest BCUT2D eigenvalue weighted by molar-refractivity contribution is -0.137. The number of rotatable bonds is 5. The molecule has 0 radical (unpaired) electrons. The number of anilines is 4. The van der Waals surface area contributed by atoms with Crippen LogP contribution in [0.3, 0.4) is 0 Å². The number of methoxy groups -OCH3 is 1. The molecule has 0 amide bonds. The minimum Gasteiger partial charge on any atom is -0.497 e. The van der Waals surface area contributed by atoms with Gasteiger partial charge in [-0.2, -0.15) is 18.2 Å². The molecule has 3 aromatic rings. The summed E-state index contributed by atoms with van der Waals surface area (Å²) < 4.78 is 46.7. The normalized spacial score (nSPS) is 11.3. The third kappa shape index (κ3) is 4.61. The molecule has 1 aromatic heterocycles. The highest BCUT2D eigenvalue weighted by molar-refractivity contribution is 9.10. The van der Waals surface area contributed by atoms with Gasteiger partial charge in [0.25, 0.3) is 0 Å². The summed E-state index contributed by atoms with van der Waals surface area (Å²) in [4.78, 5) is 11.2. The van der Waals surface area contributed by atoms with E-state index >= 15 is 0 Å². The van der Waals surface area contributed by atoms with E-state index in [2.05, 4.69) is 25.9 Å². The van der Waals surface area contributed by atoms with E-state index in [0.717, 1.165) is 10.7 Å². The van der Waals surface area contributed by atoms with Crippen LogP contribution in [0.1, 0.15) is 5.56 Å². The van der Waals surface area contributed by atoms with Gasteiger partial charge >= 0.3 is 6.18 Å². The molecule has 0 aliphatic rings. The second-order valence-electron chi connectivity index (χ2n) is 6.20. The Kier molecular flexibility index (Phi) is 5.97. The van der Waals surface area contributed by atoms with Crippen molar-refractivity contribution >= 4 is 39.1 Å². The lowest BCUT2D eigenvalue weighted by Gasteiger charge is -2.25. The van der Waals surface area contributed by atoms with E-state index in [0.29, 0.717) is 17.1 Å². The van der Waals surface area contributed by atoms with Crippen LogP contribution in [0.25, 0.3) is 0 Å². The molecule has 0 saturated heterocycles. The fourth-order valence-electron chi connectivity index (χ4n) is 2.69. The lowest BCUT2D eigenvalue weighted by Crippen LogP contribution is -2.21. The van der Waals surface area contributed by atoms with Gasteiger partial charge in [-0.25, -0.2) is 4.98 Å². The zero-order valence-electron chi connectivity index (χ0n) is 15.9. The molecule has 0 bridgehead atoms. The summed E-state index contributed by atoms with van der Waals surface area (Å²) in [5.74, 6) is 0.582. The van der Waals surface area contributed by atoms with E-state index in [-0.39, 0.29) is 11.8 Å². The van der Waals surface area contributed by atoms with Crippen LogP contribution in [0.15, 0.2) is 59.2 Å². The Balaban J connectivity index is 2.04. The molecule has 0 fully saturated rings. The smallest absolute Gasteiger partial charge is 0.421 e. The number of aromatic nitrogens is 2. The van der Waals surface area contributed by atoms with Gasteiger partial charge in [0.1, 0.15) is 11.3 Å². The third-order valence-electron chi connectivity index (χ3n) is 4.35. The molecular formula is C20H18BrF3N4O. The Bertz CT molecular complexity index is 979. The van der Waals surface area contributed by atoms with Gasteiger partial charge in [-0.05, 0) is 48.5 Å². The molecule has 9 heteroatoms. The molecule has 2 aromatic carbocycles. The molecular weight excluding hydrogens is 449 g/mol. The van der Waals surface area contributed by atoms with Crippen LogP contribution < -0.4 is 14.5 Å². The van der Waals surface area contributed by atoms with E-state index in [1.807, 2.05) is 0 Å². The summed E-state index contributed by atoms with van der Waals surface area (Å²) in [5, 5.41) is 0. The minimum atomic E-state index is -4.59. The maximum Gasteiger partial charge on any atom is 0.421 e. The highest BCUT2D eigenvalue weighted by Gasteiger charge is 2.37. The first-order valence-corrected chi connectivity index (χ1v) is 9.31. The molecule has 29 heavy (non-hydrogen) atoms. The van der Waals surface area contributed by atoms with Crippen LogP contribution in [-0.4, -0.2) is 31.2 Å². The van der Waals surface area contributed by atoms with Crippen LogP contribution in [0.2, 0.25) is 0 Å². The Morgan fingerprint density at radius 3 is 2.00 bits per heavy atom. The average molecular weight is 467 g/mol. The molecule has 0 atom stereocenters. The van der Waals surface area contributed by atoms with Gasteiger partial charge in [0.15, 0.2) is 5.82 Å². The van der Waals surface area contributed by atoms with Crippen LogP contribution in [0.5, 0.6) is 5.75 Å². The zero-order valence-corrected chi connectivity index (χ0v) is 17.5. The van der Waals surface area contributed by atoms with Gasteiger partial charge in [0.05, 0.1) is 7.11 Å². The predicted octanol–water partition coefficient (Wildman–Crippen LogP) is 5.80. The number of halogens is 4. The second kappa shape index (κ2) is 8.28. The maximum absolute atomic E-state index is 13.6. The van der Waals surface area contributed by atoms with Gasteiger partial charge in [-0.1, -0.05) is 15.9 Å². The number of ether oxygens (including phenoxy) is 1. The number of hydrogen-bond donors (Lipinski definition) is 0. The van der Waals surface area contributed by atoms with E-state index in [9.17, 15) is 13.2 Å². The Labute approximate surface area is 174 Å². The highest BCUT2D eigenvalue weighted by atomic mass is 79.9. The van der Waals surface area contributed by atoms with Gasteiger partial charge < -0.3 is 14.5 Å². The van der Waals surface area contributed by atoms with Crippen LogP contribution in [0, 0.1) is 0 Å². The first-order chi connectivity index (χ1) is 13.7. The maximum atomic E-state index is 13.6. The molecule has 152 valence electrons. The second-order valence-corrected chi connectivity index (χ2v) is 7.11. The first-order valence-electron chi connectivity index (χ1n) is 8.52. The van der Waals surface area contributed by atoms with Gasteiger partial charge in [-0.3, -0.25) is 0 Å². The summed E-state index contributed by atoms with van der Waals surface area (Å²) in [7, 11) is 4.79. The van der Waals surface area contributed by atoms with Crippen molar-refractivity contribution in [2.45, 2.75) is 6.18 Å². The molecule has 0 N–H and O–H groups in total. The van der Waals surface area contributed by atoms with Crippen molar-refractivity contribution in [3.05, 3.63) is 64.8 Å². The average Bonchev–Trinajstić information content (AvgIpc) is 2.72. The number of hydrogen-bond acceptors (Lipinski definition) is 5. The molecule has 0 aliphatic heterocycles. The Morgan fingerprint density at radius 2 is 1.45 bits per heavy atom. The van der Waals surface area contributed by atoms with Gasteiger partial charge in [-0.15, -0.1) is 0 Å². The molecule has 1 heterocycles. The number of alkyl halides is 3. The van der Waals surface area contributed by atoms with Crippen LogP contribution in [0.4, 0.5) is 36.3 Å². The molecule has 0 spiro atoms. The van der Waals surface area contributed by atoms with Crippen molar-refractivity contribution in [1.82, 2.24) is 9.97 Å².